The molecule has 12 heteroatoms. The highest BCUT2D eigenvalue weighted by Gasteiger charge is 2.30. The number of halogens is 3. The van der Waals surface area contributed by atoms with Gasteiger partial charge in [-0.15, -0.1) is 11.3 Å². The van der Waals surface area contributed by atoms with E-state index >= 15 is 0 Å². The first-order valence-electron chi connectivity index (χ1n) is 10.5. The molecule has 1 aromatic carbocycles. The Balaban J connectivity index is 1.55. The van der Waals surface area contributed by atoms with Gasteiger partial charge in [-0.25, -0.2) is 4.98 Å². The standard InChI is InChI=1S/C22H22F3N5O3S/c1-13-17-19(34-18(13)21(33)29-8-6-28(2)7-9-29)26-12-30(20(17)32)11-16(31)27-15-5-3-4-14(10-15)22(23,24)25/h3-5,10,12H,6-9,11H2,1-2H3,(H,27,31). The number of nitrogens with zero attached hydrogens (tertiary/aromatic N) is 4. The molecule has 0 bridgehead atoms. The molecule has 0 spiro atoms. The van der Waals surface area contributed by atoms with Crippen LogP contribution < -0.4 is 10.9 Å². The Kier molecular flexibility index (Phi) is 6.45. The van der Waals surface area contributed by atoms with Gasteiger partial charge in [-0.05, 0) is 37.7 Å². The molecule has 1 fully saturated rings. The first-order chi connectivity index (χ1) is 16.0. The summed E-state index contributed by atoms with van der Waals surface area (Å²) in [5.74, 6) is -0.828. The Morgan fingerprint density at radius 1 is 1.18 bits per heavy atom. The van der Waals surface area contributed by atoms with Crippen LogP contribution in [0.15, 0.2) is 35.4 Å². The Labute approximate surface area is 196 Å². The maximum Gasteiger partial charge on any atom is 0.416 e. The van der Waals surface area contributed by atoms with Gasteiger partial charge in [0.15, 0.2) is 0 Å². The van der Waals surface area contributed by atoms with Crippen molar-refractivity contribution < 1.29 is 22.8 Å². The van der Waals surface area contributed by atoms with E-state index in [-0.39, 0.29) is 17.0 Å². The Bertz CT molecular complexity index is 1310. The third-order valence-electron chi connectivity index (χ3n) is 5.69. The van der Waals surface area contributed by atoms with Gasteiger partial charge in [-0.1, -0.05) is 6.07 Å². The number of thiophene rings is 1. The molecule has 3 aromatic rings. The molecular weight excluding hydrogens is 471 g/mol. The number of aromatic nitrogens is 2. The zero-order valence-corrected chi connectivity index (χ0v) is 19.3. The van der Waals surface area contributed by atoms with E-state index in [1.165, 1.54) is 18.5 Å². The molecule has 34 heavy (non-hydrogen) atoms. The summed E-state index contributed by atoms with van der Waals surface area (Å²) in [6.45, 7) is 3.96. The van der Waals surface area contributed by atoms with Crippen LogP contribution in [0, 0.1) is 6.92 Å². The van der Waals surface area contributed by atoms with Gasteiger partial charge in [0, 0.05) is 31.9 Å². The SMILES string of the molecule is Cc1c(C(=O)N2CCN(C)CC2)sc2ncn(CC(=O)Nc3cccc(C(F)(F)F)c3)c(=O)c12. The summed E-state index contributed by atoms with van der Waals surface area (Å²) < 4.78 is 39.8. The van der Waals surface area contributed by atoms with Crippen molar-refractivity contribution in [3.63, 3.8) is 0 Å². The van der Waals surface area contributed by atoms with Crippen LogP contribution in [0.1, 0.15) is 20.8 Å². The van der Waals surface area contributed by atoms with Crippen molar-refractivity contribution in [2.24, 2.45) is 0 Å². The normalized spacial score (nSPS) is 15.0. The minimum absolute atomic E-state index is 0.0336. The summed E-state index contributed by atoms with van der Waals surface area (Å²) in [5, 5.41) is 2.64. The summed E-state index contributed by atoms with van der Waals surface area (Å²) in [7, 11) is 1.99. The largest absolute Gasteiger partial charge is 0.416 e. The molecule has 0 radical (unpaired) electrons. The first kappa shape index (κ1) is 23.9. The van der Waals surface area contributed by atoms with Crippen molar-refractivity contribution in [3.8, 4) is 0 Å². The average Bonchev–Trinajstić information content (AvgIpc) is 3.12. The lowest BCUT2D eigenvalue weighted by atomic mass is 10.2. The van der Waals surface area contributed by atoms with Gasteiger partial charge >= 0.3 is 6.18 Å². The van der Waals surface area contributed by atoms with Gasteiger partial charge in [0.25, 0.3) is 11.5 Å². The number of carbonyl (C=O) groups excluding carboxylic acids is 2. The lowest BCUT2D eigenvalue weighted by Crippen LogP contribution is -2.47. The summed E-state index contributed by atoms with van der Waals surface area (Å²) in [4.78, 5) is 47.4. The van der Waals surface area contributed by atoms with E-state index in [9.17, 15) is 27.6 Å². The van der Waals surface area contributed by atoms with Crippen LogP contribution >= 0.6 is 11.3 Å². The molecule has 2 amide bonds. The van der Waals surface area contributed by atoms with Gasteiger partial charge in [-0.2, -0.15) is 13.2 Å². The molecule has 1 aliphatic rings. The molecule has 1 N–H and O–H groups in total. The lowest BCUT2D eigenvalue weighted by molar-refractivity contribution is -0.137. The van der Waals surface area contributed by atoms with Crippen LogP contribution in [0.5, 0.6) is 0 Å². The first-order valence-corrected chi connectivity index (χ1v) is 11.3. The number of amides is 2. The third-order valence-corrected chi connectivity index (χ3v) is 6.88. The van der Waals surface area contributed by atoms with Gasteiger partial charge in [0.2, 0.25) is 5.91 Å². The number of hydrogen-bond donors (Lipinski definition) is 1. The molecular formula is C22H22F3N5O3S. The Morgan fingerprint density at radius 3 is 2.56 bits per heavy atom. The van der Waals surface area contributed by atoms with Crippen molar-refractivity contribution in [2.45, 2.75) is 19.6 Å². The number of anilines is 1. The quantitative estimate of drug-likeness (QED) is 0.604. The van der Waals surface area contributed by atoms with E-state index in [1.807, 2.05) is 7.05 Å². The highest BCUT2D eigenvalue weighted by molar-refractivity contribution is 7.20. The van der Waals surface area contributed by atoms with Crippen LogP contribution in [0.4, 0.5) is 18.9 Å². The van der Waals surface area contributed by atoms with Crippen LogP contribution in [-0.4, -0.2) is 64.4 Å². The van der Waals surface area contributed by atoms with Crippen LogP contribution in [0.25, 0.3) is 10.2 Å². The summed E-state index contributed by atoms with van der Waals surface area (Å²) in [6.07, 6.45) is -3.33. The predicted octanol–water partition coefficient (Wildman–Crippen LogP) is 2.81. The zero-order valence-electron chi connectivity index (χ0n) is 18.5. The summed E-state index contributed by atoms with van der Waals surface area (Å²) in [6, 6.07) is 4.24. The van der Waals surface area contributed by atoms with Gasteiger partial charge in [0.05, 0.1) is 22.2 Å². The molecule has 1 saturated heterocycles. The van der Waals surface area contributed by atoms with E-state index in [0.717, 1.165) is 41.1 Å². The zero-order chi connectivity index (χ0) is 24.6. The fourth-order valence-electron chi connectivity index (χ4n) is 3.76. The molecule has 8 nitrogen and oxygen atoms in total. The molecule has 4 rings (SSSR count). The van der Waals surface area contributed by atoms with E-state index in [2.05, 4.69) is 15.2 Å². The van der Waals surface area contributed by atoms with Crippen molar-refractivity contribution in [1.29, 1.82) is 0 Å². The van der Waals surface area contributed by atoms with Crippen LogP contribution in [0.3, 0.4) is 0 Å². The number of likely N-dealkylation sites (N-methyl/N-ethyl adjacent to an activating group) is 1. The van der Waals surface area contributed by atoms with Crippen LogP contribution in [-0.2, 0) is 17.5 Å². The average molecular weight is 494 g/mol. The van der Waals surface area contributed by atoms with Gasteiger partial charge in [0.1, 0.15) is 11.4 Å². The number of fused-ring (bicyclic) bond motifs is 1. The lowest BCUT2D eigenvalue weighted by Gasteiger charge is -2.32. The Morgan fingerprint density at radius 2 is 1.88 bits per heavy atom. The van der Waals surface area contributed by atoms with Crippen molar-refractivity contribution in [3.05, 3.63) is 57.0 Å². The van der Waals surface area contributed by atoms with Gasteiger partial charge < -0.3 is 15.1 Å². The second-order valence-corrected chi connectivity index (χ2v) is 9.14. The Hall–Kier alpha value is -3.25. The monoisotopic (exact) mass is 493 g/mol. The van der Waals surface area contributed by atoms with Gasteiger partial charge in [-0.3, -0.25) is 19.0 Å². The predicted molar refractivity (Wildman–Crippen MR) is 122 cm³/mol. The minimum atomic E-state index is -4.54. The molecule has 0 aliphatic carbocycles. The number of carbonyl (C=O) groups is 2. The molecule has 2 aromatic heterocycles. The van der Waals surface area contributed by atoms with Crippen molar-refractivity contribution >= 4 is 39.1 Å². The van der Waals surface area contributed by atoms with E-state index in [4.69, 9.17) is 0 Å². The topological polar surface area (TPSA) is 87.5 Å². The molecule has 0 saturated carbocycles. The second-order valence-electron chi connectivity index (χ2n) is 8.14. The molecule has 180 valence electrons. The molecule has 0 atom stereocenters. The fraction of sp³-hybridized carbons (Fsp3) is 0.364. The fourth-order valence-corrected chi connectivity index (χ4v) is 4.86. The summed E-state index contributed by atoms with van der Waals surface area (Å²) >= 11 is 1.14. The second kappa shape index (κ2) is 9.18. The highest BCUT2D eigenvalue weighted by atomic mass is 32.1. The number of alkyl halides is 3. The number of aryl methyl sites for hydroxylation is 1. The number of hydrogen-bond acceptors (Lipinski definition) is 6. The summed E-state index contributed by atoms with van der Waals surface area (Å²) in [5.41, 5.74) is -0.907. The maximum atomic E-state index is 13.0. The van der Waals surface area contributed by atoms with Crippen molar-refractivity contribution in [2.75, 3.05) is 38.5 Å². The third kappa shape index (κ3) is 4.82. The van der Waals surface area contributed by atoms with E-state index < -0.39 is 29.8 Å². The number of piperazine rings is 1. The molecule has 1 aliphatic heterocycles. The molecule has 3 heterocycles. The number of nitrogens with one attached hydrogen (secondary N) is 1. The van der Waals surface area contributed by atoms with Crippen LogP contribution in [0.2, 0.25) is 0 Å². The maximum absolute atomic E-state index is 13.0. The number of rotatable bonds is 4. The minimum Gasteiger partial charge on any atom is -0.335 e. The molecule has 0 unspecified atom stereocenters. The van der Waals surface area contributed by atoms with E-state index in [1.54, 1.807) is 11.8 Å². The number of benzene rings is 1. The van der Waals surface area contributed by atoms with Crippen molar-refractivity contribution in [1.82, 2.24) is 19.4 Å². The highest BCUT2D eigenvalue weighted by Crippen LogP contribution is 2.31. The van der Waals surface area contributed by atoms with E-state index in [0.29, 0.717) is 28.4 Å². The smallest absolute Gasteiger partial charge is 0.335 e.